The summed E-state index contributed by atoms with van der Waals surface area (Å²) in [7, 11) is 1.50. The molecule has 1 aliphatic rings. The number of carbonyl (C=O) groups excluding carboxylic acids is 3. The van der Waals surface area contributed by atoms with E-state index in [2.05, 4.69) is 5.32 Å². The van der Waals surface area contributed by atoms with Crippen LogP contribution in [0.15, 0.2) is 12.1 Å². The van der Waals surface area contributed by atoms with E-state index in [1.807, 2.05) is 0 Å². The highest BCUT2D eigenvalue weighted by molar-refractivity contribution is 6.52. The van der Waals surface area contributed by atoms with E-state index in [4.69, 9.17) is 4.74 Å². The number of fused-ring (bicyclic) bond motifs is 1. The summed E-state index contributed by atoms with van der Waals surface area (Å²) in [5.41, 5.74) is 0.740. The normalized spacial score (nSPS) is 13.6. The predicted octanol–water partition coefficient (Wildman–Crippen LogP) is 0.426. The van der Waals surface area contributed by atoms with Gasteiger partial charge >= 0.3 is 0 Å². The van der Waals surface area contributed by atoms with Crippen molar-refractivity contribution < 1.29 is 23.5 Å². The Kier molecular flexibility index (Phi) is 4.32. The molecule has 0 unspecified atom stereocenters. The van der Waals surface area contributed by atoms with Crippen molar-refractivity contribution in [1.29, 1.82) is 0 Å². The minimum atomic E-state index is -0.819. The van der Waals surface area contributed by atoms with Crippen molar-refractivity contribution in [2.75, 3.05) is 31.7 Å². The number of aryl methyl sites for hydroxylation is 1. The van der Waals surface area contributed by atoms with Gasteiger partial charge in [0, 0.05) is 13.7 Å². The van der Waals surface area contributed by atoms with Gasteiger partial charge in [0.25, 0.3) is 11.7 Å². The van der Waals surface area contributed by atoms with Crippen molar-refractivity contribution in [3.8, 4) is 0 Å². The molecule has 0 aromatic heterocycles. The summed E-state index contributed by atoms with van der Waals surface area (Å²) in [6.45, 7) is 1.96. The Morgan fingerprint density at radius 2 is 2.10 bits per heavy atom. The van der Waals surface area contributed by atoms with Crippen LogP contribution in [0.2, 0.25) is 0 Å². The summed E-state index contributed by atoms with van der Waals surface area (Å²) in [5, 5.41) is 2.56. The summed E-state index contributed by atoms with van der Waals surface area (Å²) in [4.78, 5) is 36.6. The van der Waals surface area contributed by atoms with E-state index in [0.717, 1.165) is 11.0 Å². The van der Waals surface area contributed by atoms with Gasteiger partial charge in [-0.2, -0.15) is 0 Å². The fourth-order valence-electron chi connectivity index (χ4n) is 2.25. The minimum absolute atomic E-state index is 0.00203. The van der Waals surface area contributed by atoms with Gasteiger partial charge in [-0.25, -0.2) is 4.39 Å². The van der Waals surface area contributed by atoms with Crippen molar-refractivity contribution in [2.24, 2.45) is 0 Å². The van der Waals surface area contributed by atoms with Crippen LogP contribution in [0.5, 0.6) is 0 Å². The van der Waals surface area contributed by atoms with Crippen molar-refractivity contribution in [3.63, 3.8) is 0 Å². The molecule has 0 fully saturated rings. The highest BCUT2D eigenvalue weighted by Gasteiger charge is 2.38. The van der Waals surface area contributed by atoms with Crippen LogP contribution in [0.25, 0.3) is 0 Å². The monoisotopic (exact) mass is 294 g/mol. The summed E-state index contributed by atoms with van der Waals surface area (Å²) in [6.07, 6.45) is 0. The molecule has 112 valence electrons. The lowest BCUT2D eigenvalue weighted by Crippen LogP contribution is -2.41. The number of halogens is 1. The van der Waals surface area contributed by atoms with Crippen LogP contribution in [-0.4, -0.2) is 44.4 Å². The zero-order valence-corrected chi connectivity index (χ0v) is 11.7. The number of methoxy groups -OCH3 is 1. The molecule has 21 heavy (non-hydrogen) atoms. The lowest BCUT2D eigenvalue weighted by atomic mass is 10.1. The van der Waals surface area contributed by atoms with Gasteiger partial charge in [-0.1, -0.05) is 0 Å². The largest absolute Gasteiger partial charge is 0.383 e. The second kappa shape index (κ2) is 6.01. The Morgan fingerprint density at radius 1 is 1.38 bits per heavy atom. The molecule has 1 aliphatic heterocycles. The van der Waals surface area contributed by atoms with E-state index in [0.29, 0.717) is 24.4 Å². The van der Waals surface area contributed by atoms with Gasteiger partial charge in [-0.05, 0) is 24.6 Å². The third kappa shape index (κ3) is 2.92. The molecule has 7 heteroatoms. The van der Waals surface area contributed by atoms with Crippen molar-refractivity contribution in [1.82, 2.24) is 5.32 Å². The van der Waals surface area contributed by atoms with Gasteiger partial charge in [-0.3, -0.25) is 19.3 Å². The van der Waals surface area contributed by atoms with Crippen molar-refractivity contribution in [2.45, 2.75) is 6.92 Å². The molecule has 0 spiro atoms. The van der Waals surface area contributed by atoms with Crippen LogP contribution >= 0.6 is 0 Å². The average Bonchev–Trinajstić information content (AvgIpc) is 2.64. The molecular weight excluding hydrogens is 279 g/mol. The summed E-state index contributed by atoms with van der Waals surface area (Å²) in [6, 6.07) is 2.24. The number of nitrogens with one attached hydrogen (secondary N) is 1. The molecule has 1 heterocycles. The zero-order valence-electron chi connectivity index (χ0n) is 11.7. The number of rotatable bonds is 5. The predicted molar refractivity (Wildman–Crippen MR) is 72.7 cm³/mol. The number of ketones is 1. The zero-order chi connectivity index (χ0) is 15.6. The van der Waals surface area contributed by atoms with Gasteiger partial charge in [0.2, 0.25) is 5.91 Å². The molecule has 2 rings (SSSR count). The van der Waals surface area contributed by atoms with E-state index < -0.39 is 23.4 Å². The lowest BCUT2D eigenvalue weighted by Gasteiger charge is -2.18. The first-order chi connectivity index (χ1) is 9.95. The highest BCUT2D eigenvalue weighted by Crippen LogP contribution is 2.32. The molecule has 1 aromatic rings. The molecular formula is C14H15FN2O4. The molecule has 0 radical (unpaired) electrons. The first kappa shape index (κ1) is 15.1. The SMILES string of the molecule is COCCNC(=O)CN1C(=O)C(=O)c2cc(F)cc(C)c21. The second-order valence-corrected chi connectivity index (χ2v) is 4.68. The smallest absolute Gasteiger partial charge is 0.299 e. The first-order valence-corrected chi connectivity index (χ1v) is 6.37. The van der Waals surface area contributed by atoms with E-state index in [9.17, 15) is 18.8 Å². The van der Waals surface area contributed by atoms with E-state index >= 15 is 0 Å². The van der Waals surface area contributed by atoms with Crippen LogP contribution in [-0.2, 0) is 14.3 Å². The molecule has 0 aliphatic carbocycles. The molecule has 0 bridgehead atoms. The van der Waals surface area contributed by atoms with Crippen LogP contribution in [0.3, 0.4) is 0 Å². The number of ether oxygens (including phenoxy) is 1. The second-order valence-electron chi connectivity index (χ2n) is 4.68. The third-order valence-corrected chi connectivity index (χ3v) is 3.15. The third-order valence-electron chi connectivity index (χ3n) is 3.15. The summed E-state index contributed by atoms with van der Waals surface area (Å²) in [5.74, 6) is -2.61. The Hall–Kier alpha value is -2.28. The quantitative estimate of drug-likeness (QED) is 0.631. The van der Waals surface area contributed by atoms with Crippen LogP contribution in [0.4, 0.5) is 10.1 Å². The molecule has 0 saturated heterocycles. The van der Waals surface area contributed by atoms with Crippen LogP contribution in [0, 0.1) is 12.7 Å². The standard InChI is InChI=1S/C14H15FN2O4/c1-8-5-9(15)6-10-12(8)17(14(20)13(10)19)7-11(18)16-3-4-21-2/h5-6H,3-4,7H2,1-2H3,(H,16,18). The maximum atomic E-state index is 13.3. The summed E-state index contributed by atoms with van der Waals surface area (Å²) >= 11 is 0. The topological polar surface area (TPSA) is 75.7 Å². The number of carbonyl (C=O) groups is 3. The molecule has 2 amide bonds. The lowest BCUT2D eigenvalue weighted by molar-refractivity contribution is -0.122. The van der Waals surface area contributed by atoms with Crippen LogP contribution < -0.4 is 10.2 Å². The molecule has 1 N–H and O–H groups in total. The van der Waals surface area contributed by atoms with E-state index in [1.165, 1.54) is 13.2 Å². The van der Waals surface area contributed by atoms with Crippen molar-refractivity contribution in [3.05, 3.63) is 29.1 Å². The maximum Gasteiger partial charge on any atom is 0.299 e. The Labute approximate surface area is 120 Å². The minimum Gasteiger partial charge on any atom is -0.383 e. The Balaban J connectivity index is 2.21. The number of benzene rings is 1. The fraction of sp³-hybridized carbons (Fsp3) is 0.357. The van der Waals surface area contributed by atoms with Crippen molar-refractivity contribution >= 4 is 23.3 Å². The fourth-order valence-corrected chi connectivity index (χ4v) is 2.25. The number of amides is 2. The Morgan fingerprint density at radius 3 is 2.76 bits per heavy atom. The van der Waals surface area contributed by atoms with Gasteiger partial charge in [-0.15, -0.1) is 0 Å². The maximum absolute atomic E-state index is 13.3. The molecule has 0 saturated carbocycles. The molecule has 0 atom stereocenters. The number of Topliss-reactive ketones (excluding diaryl/α,β-unsaturated/α-hetero) is 1. The number of anilines is 1. The van der Waals surface area contributed by atoms with Gasteiger partial charge < -0.3 is 10.1 Å². The number of hydrogen-bond donors (Lipinski definition) is 1. The average molecular weight is 294 g/mol. The van der Waals surface area contributed by atoms with E-state index in [1.54, 1.807) is 6.92 Å². The van der Waals surface area contributed by atoms with Gasteiger partial charge in [0.15, 0.2) is 0 Å². The number of nitrogens with zero attached hydrogens (tertiary/aromatic N) is 1. The first-order valence-electron chi connectivity index (χ1n) is 6.37. The summed E-state index contributed by atoms with van der Waals surface area (Å²) < 4.78 is 18.1. The highest BCUT2D eigenvalue weighted by atomic mass is 19.1. The molecule has 6 nitrogen and oxygen atoms in total. The van der Waals surface area contributed by atoms with Crippen LogP contribution in [0.1, 0.15) is 15.9 Å². The number of hydrogen-bond acceptors (Lipinski definition) is 4. The molecule has 1 aromatic carbocycles. The van der Waals surface area contributed by atoms with E-state index in [-0.39, 0.29) is 12.1 Å². The Bertz CT molecular complexity index is 615. The van der Waals surface area contributed by atoms with Gasteiger partial charge in [0.1, 0.15) is 12.4 Å². The van der Waals surface area contributed by atoms with Gasteiger partial charge in [0.05, 0.1) is 17.9 Å².